The summed E-state index contributed by atoms with van der Waals surface area (Å²) in [5.74, 6) is -0.896. The predicted molar refractivity (Wildman–Crippen MR) is 77.7 cm³/mol. The van der Waals surface area contributed by atoms with E-state index in [4.69, 9.17) is 14.8 Å². The average molecular weight is 319 g/mol. The van der Waals surface area contributed by atoms with Crippen molar-refractivity contribution in [2.45, 2.75) is 30.7 Å². The van der Waals surface area contributed by atoms with Gasteiger partial charge in [0.15, 0.2) is 0 Å². The first-order valence-electron chi connectivity index (χ1n) is 6.42. The van der Waals surface area contributed by atoms with E-state index >= 15 is 0 Å². The maximum atomic E-state index is 10.4. The van der Waals surface area contributed by atoms with Crippen LogP contribution in [0.15, 0.2) is 35.2 Å². The Kier molecular flexibility index (Phi) is 9.55. The molecule has 0 spiro atoms. The van der Waals surface area contributed by atoms with E-state index < -0.39 is 22.1 Å². The molecule has 1 aromatic rings. The van der Waals surface area contributed by atoms with Crippen molar-refractivity contribution in [2.75, 3.05) is 13.2 Å². The standard InChI is InChI=1S/C7H15NO3.C6H6O3S/c1-2-4-8-6(3-5-9)7(10)11;7-10(8,9)6-4-2-1-3-5-6/h6,8-9H,2-5H2,1H3,(H,10,11);1-5H,(H,7,8,9)/t6-;/m0./s1. The van der Waals surface area contributed by atoms with Crippen LogP contribution in [0.3, 0.4) is 0 Å². The van der Waals surface area contributed by atoms with Crippen LogP contribution in [0.25, 0.3) is 0 Å². The zero-order chi connectivity index (χ0) is 16.3. The van der Waals surface area contributed by atoms with Crippen LogP contribution in [-0.2, 0) is 14.9 Å². The molecule has 0 fully saturated rings. The Labute approximate surface area is 124 Å². The second-order valence-corrected chi connectivity index (χ2v) is 5.57. The summed E-state index contributed by atoms with van der Waals surface area (Å²) in [4.78, 5) is 10.3. The Morgan fingerprint density at radius 3 is 2.19 bits per heavy atom. The summed E-state index contributed by atoms with van der Waals surface area (Å²) < 4.78 is 29.2. The van der Waals surface area contributed by atoms with E-state index in [9.17, 15) is 13.2 Å². The smallest absolute Gasteiger partial charge is 0.320 e. The normalized spacial score (nSPS) is 12.1. The van der Waals surface area contributed by atoms with Crippen molar-refractivity contribution in [2.24, 2.45) is 0 Å². The maximum absolute atomic E-state index is 10.4. The molecular formula is C13H21NO6S. The molecule has 0 saturated carbocycles. The highest BCUT2D eigenvalue weighted by Gasteiger charge is 2.14. The van der Waals surface area contributed by atoms with Crippen molar-refractivity contribution in [3.8, 4) is 0 Å². The van der Waals surface area contributed by atoms with Gasteiger partial charge in [-0.15, -0.1) is 0 Å². The molecule has 7 nitrogen and oxygen atoms in total. The van der Waals surface area contributed by atoms with E-state index in [-0.39, 0.29) is 17.9 Å². The van der Waals surface area contributed by atoms with Gasteiger partial charge in [0.2, 0.25) is 0 Å². The first kappa shape index (κ1) is 19.5. The molecule has 0 unspecified atom stereocenters. The summed E-state index contributed by atoms with van der Waals surface area (Å²) >= 11 is 0. The predicted octanol–water partition coefficient (Wildman–Crippen LogP) is 0.755. The molecule has 120 valence electrons. The lowest BCUT2D eigenvalue weighted by Crippen LogP contribution is -2.37. The van der Waals surface area contributed by atoms with Crippen LogP contribution in [0.4, 0.5) is 0 Å². The van der Waals surface area contributed by atoms with Crippen LogP contribution in [0.2, 0.25) is 0 Å². The minimum atomic E-state index is -4.00. The number of carboxylic acids is 1. The molecule has 0 heterocycles. The number of hydrogen-bond acceptors (Lipinski definition) is 5. The molecular weight excluding hydrogens is 298 g/mol. The van der Waals surface area contributed by atoms with Gasteiger partial charge < -0.3 is 15.5 Å². The average Bonchev–Trinajstić information content (AvgIpc) is 2.44. The molecule has 0 bridgehead atoms. The Balaban J connectivity index is 0.000000382. The molecule has 0 saturated heterocycles. The highest BCUT2D eigenvalue weighted by atomic mass is 32.2. The Hall–Kier alpha value is -1.48. The van der Waals surface area contributed by atoms with Gasteiger partial charge in [-0.25, -0.2) is 0 Å². The van der Waals surface area contributed by atoms with Crippen LogP contribution in [0, 0.1) is 0 Å². The van der Waals surface area contributed by atoms with Crippen LogP contribution < -0.4 is 5.32 Å². The molecule has 0 aromatic heterocycles. The van der Waals surface area contributed by atoms with Crippen molar-refractivity contribution in [3.05, 3.63) is 30.3 Å². The number of hydrogen-bond donors (Lipinski definition) is 4. The van der Waals surface area contributed by atoms with E-state index in [1.54, 1.807) is 18.2 Å². The minimum absolute atomic E-state index is 0.0741. The third kappa shape index (κ3) is 9.14. The number of aliphatic hydroxyl groups is 1. The van der Waals surface area contributed by atoms with Crippen LogP contribution in [-0.4, -0.2) is 48.3 Å². The number of rotatable bonds is 7. The summed E-state index contributed by atoms with van der Waals surface area (Å²) in [7, 11) is -4.00. The highest BCUT2D eigenvalue weighted by molar-refractivity contribution is 7.85. The monoisotopic (exact) mass is 319 g/mol. The number of benzene rings is 1. The fourth-order valence-electron chi connectivity index (χ4n) is 1.35. The molecule has 0 amide bonds. The lowest BCUT2D eigenvalue weighted by atomic mass is 10.2. The van der Waals surface area contributed by atoms with Gasteiger partial charge in [-0.2, -0.15) is 8.42 Å². The molecule has 8 heteroatoms. The second-order valence-electron chi connectivity index (χ2n) is 4.15. The fraction of sp³-hybridized carbons (Fsp3) is 0.462. The summed E-state index contributed by atoms with van der Waals surface area (Å²) in [5.41, 5.74) is 0. The van der Waals surface area contributed by atoms with E-state index in [0.717, 1.165) is 6.42 Å². The van der Waals surface area contributed by atoms with Gasteiger partial charge in [0.05, 0.1) is 4.90 Å². The Morgan fingerprint density at radius 2 is 1.86 bits per heavy atom. The molecule has 4 N–H and O–H groups in total. The summed E-state index contributed by atoms with van der Waals surface area (Å²) in [6.45, 7) is 2.55. The zero-order valence-corrected chi connectivity index (χ0v) is 12.6. The maximum Gasteiger partial charge on any atom is 0.320 e. The fourth-order valence-corrected chi connectivity index (χ4v) is 1.85. The largest absolute Gasteiger partial charge is 0.480 e. The van der Waals surface area contributed by atoms with Gasteiger partial charge in [0.25, 0.3) is 10.1 Å². The molecule has 0 aliphatic rings. The van der Waals surface area contributed by atoms with Gasteiger partial charge in [-0.3, -0.25) is 9.35 Å². The van der Waals surface area contributed by atoms with Gasteiger partial charge in [-0.05, 0) is 31.5 Å². The van der Waals surface area contributed by atoms with Crippen molar-refractivity contribution in [1.82, 2.24) is 5.32 Å². The van der Waals surface area contributed by atoms with Crippen LogP contribution in [0.5, 0.6) is 0 Å². The number of aliphatic hydroxyl groups excluding tert-OH is 1. The SMILES string of the molecule is CCCN[C@@H](CCO)C(=O)O.O=S(=O)(O)c1ccccc1. The topological polar surface area (TPSA) is 124 Å². The molecule has 0 radical (unpaired) electrons. The van der Waals surface area contributed by atoms with Crippen molar-refractivity contribution < 1.29 is 28.0 Å². The third-order valence-electron chi connectivity index (χ3n) is 2.40. The Bertz CT molecular complexity index is 503. The lowest BCUT2D eigenvalue weighted by Gasteiger charge is -2.11. The van der Waals surface area contributed by atoms with Crippen molar-refractivity contribution >= 4 is 16.1 Å². The number of carbonyl (C=O) groups is 1. The molecule has 1 aromatic carbocycles. The molecule has 21 heavy (non-hydrogen) atoms. The minimum Gasteiger partial charge on any atom is -0.480 e. The van der Waals surface area contributed by atoms with Crippen molar-refractivity contribution in [1.29, 1.82) is 0 Å². The second kappa shape index (κ2) is 10.3. The lowest BCUT2D eigenvalue weighted by molar-refractivity contribution is -0.139. The van der Waals surface area contributed by atoms with Crippen LogP contribution in [0.1, 0.15) is 19.8 Å². The van der Waals surface area contributed by atoms with E-state index in [1.165, 1.54) is 12.1 Å². The van der Waals surface area contributed by atoms with Crippen molar-refractivity contribution in [3.63, 3.8) is 0 Å². The summed E-state index contributed by atoms with van der Waals surface area (Å²) in [6.07, 6.45) is 1.17. The van der Waals surface area contributed by atoms with Gasteiger partial charge in [-0.1, -0.05) is 25.1 Å². The number of carboxylic acid groups (broad SMARTS) is 1. The first-order chi connectivity index (χ1) is 9.82. The van der Waals surface area contributed by atoms with E-state index in [2.05, 4.69) is 5.32 Å². The zero-order valence-electron chi connectivity index (χ0n) is 11.8. The summed E-state index contributed by atoms with van der Waals surface area (Å²) in [5, 5.41) is 19.8. The third-order valence-corrected chi connectivity index (χ3v) is 3.27. The Morgan fingerprint density at radius 1 is 1.29 bits per heavy atom. The summed E-state index contributed by atoms with van der Waals surface area (Å²) in [6, 6.07) is 6.82. The first-order valence-corrected chi connectivity index (χ1v) is 7.86. The number of aliphatic carboxylic acids is 1. The van der Waals surface area contributed by atoms with Gasteiger partial charge in [0.1, 0.15) is 6.04 Å². The molecule has 1 rings (SSSR count). The quantitative estimate of drug-likeness (QED) is 0.547. The number of nitrogens with one attached hydrogen (secondary N) is 1. The highest BCUT2D eigenvalue weighted by Crippen LogP contribution is 2.05. The van der Waals surface area contributed by atoms with Crippen LogP contribution >= 0.6 is 0 Å². The van der Waals surface area contributed by atoms with Gasteiger partial charge >= 0.3 is 5.97 Å². The molecule has 0 aliphatic heterocycles. The van der Waals surface area contributed by atoms with E-state index in [0.29, 0.717) is 6.54 Å². The molecule has 0 aliphatic carbocycles. The molecule has 1 atom stereocenters. The van der Waals surface area contributed by atoms with Gasteiger partial charge in [0, 0.05) is 6.61 Å². The van der Waals surface area contributed by atoms with E-state index in [1.807, 2.05) is 6.92 Å².